The van der Waals surface area contributed by atoms with E-state index in [1.807, 2.05) is 32.0 Å². The lowest BCUT2D eigenvalue weighted by atomic mass is 9.74. The zero-order chi connectivity index (χ0) is 25.0. The Kier molecular flexibility index (Phi) is 7.75. The number of likely N-dealkylation sites (tertiary alicyclic amines) is 1. The number of hydrogen-bond donors (Lipinski definition) is 1. The number of carbonyl (C=O) groups is 2. The first-order chi connectivity index (χ1) is 16.8. The molecule has 0 atom stereocenters. The van der Waals surface area contributed by atoms with E-state index in [2.05, 4.69) is 24.4 Å². The maximum Gasteiger partial charge on any atom is 0.259 e. The second kappa shape index (κ2) is 10.8. The van der Waals surface area contributed by atoms with Crippen molar-refractivity contribution in [1.82, 2.24) is 14.8 Å². The van der Waals surface area contributed by atoms with Crippen molar-refractivity contribution in [3.8, 4) is 0 Å². The first-order valence-electron chi connectivity index (χ1n) is 12.8. The standard InChI is InChI=1S/C28H37N3O4/c1-20(2)31-17-23(25(32)24(18-31)27(34)30-13-9-21(3)10-14-30)26(33)29-19-28(11-15-35-16-12-28)22-7-5-4-6-8-22/h4-8,17-18,20-21H,9-16,19H2,1-3H3,(H,29,33). The Morgan fingerprint density at radius 2 is 1.69 bits per heavy atom. The van der Waals surface area contributed by atoms with Crippen molar-refractivity contribution in [3.63, 3.8) is 0 Å². The zero-order valence-corrected chi connectivity index (χ0v) is 21.1. The smallest absolute Gasteiger partial charge is 0.259 e. The number of pyridine rings is 1. The quantitative estimate of drug-likeness (QED) is 0.684. The Balaban J connectivity index is 1.60. The number of rotatable bonds is 6. The van der Waals surface area contributed by atoms with Crippen molar-refractivity contribution in [2.45, 2.75) is 57.9 Å². The SMILES string of the molecule is CC1CCN(C(=O)c2cn(C(C)C)cc(C(=O)NCC3(c4ccccc4)CCOCC3)c2=O)CC1. The molecule has 2 fully saturated rings. The van der Waals surface area contributed by atoms with E-state index in [-0.39, 0.29) is 28.5 Å². The number of ether oxygens (including phenoxy) is 1. The zero-order valence-electron chi connectivity index (χ0n) is 21.1. The maximum absolute atomic E-state index is 13.4. The lowest BCUT2D eigenvalue weighted by Gasteiger charge is -2.38. The molecule has 0 aliphatic carbocycles. The first-order valence-corrected chi connectivity index (χ1v) is 12.8. The predicted molar refractivity (Wildman–Crippen MR) is 136 cm³/mol. The van der Waals surface area contributed by atoms with Crippen LogP contribution in [0.3, 0.4) is 0 Å². The molecule has 1 aromatic heterocycles. The predicted octanol–water partition coefficient (Wildman–Crippen LogP) is 3.78. The molecule has 188 valence electrons. The lowest BCUT2D eigenvalue weighted by molar-refractivity contribution is 0.0487. The van der Waals surface area contributed by atoms with Gasteiger partial charge in [-0.05, 0) is 51.0 Å². The van der Waals surface area contributed by atoms with Crippen LogP contribution in [0.25, 0.3) is 0 Å². The van der Waals surface area contributed by atoms with Gasteiger partial charge in [0.2, 0.25) is 5.43 Å². The highest BCUT2D eigenvalue weighted by Gasteiger charge is 2.35. The number of hydrogen-bond acceptors (Lipinski definition) is 4. The summed E-state index contributed by atoms with van der Waals surface area (Å²) in [7, 11) is 0. The van der Waals surface area contributed by atoms with Crippen molar-refractivity contribution in [1.29, 1.82) is 0 Å². The van der Waals surface area contributed by atoms with E-state index >= 15 is 0 Å². The van der Waals surface area contributed by atoms with Gasteiger partial charge in [0.25, 0.3) is 11.8 Å². The number of nitrogens with zero attached hydrogens (tertiary/aromatic N) is 2. The molecule has 1 N–H and O–H groups in total. The van der Waals surface area contributed by atoms with Gasteiger partial charge in [-0.15, -0.1) is 0 Å². The fraction of sp³-hybridized carbons (Fsp3) is 0.536. The molecule has 35 heavy (non-hydrogen) atoms. The van der Waals surface area contributed by atoms with Crippen LogP contribution in [-0.4, -0.2) is 54.1 Å². The van der Waals surface area contributed by atoms with Gasteiger partial charge in [-0.3, -0.25) is 14.4 Å². The van der Waals surface area contributed by atoms with Gasteiger partial charge in [0.1, 0.15) is 11.1 Å². The summed E-state index contributed by atoms with van der Waals surface area (Å²) in [4.78, 5) is 41.8. The lowest BCUT2D eigenvalue weighted by Crippen LogP contribution is -2.46. The molecule has 0 saturated carbocycles. The third kappa shape index (κ3) is 5.50. The van der Waals surface area contributed by atoms with Crippen LogP contribution in [0, 0.1) is 5.92 Å². The van der Waals surface area contributed by atoms with E-state index in [0.29, 0.717) is 38.8 Å². The summed E-state index contributed by atoms with van der Waals surface area (Å²) in [5.41, 5.74) is 0.509. The summed E-state index contributed by atoms with van der Waals surface area (Å²) in [6.07, 6.45) is 6.62. The largest absolute Gasteiger partial charge is 0.381 e. The Morgan fingerprint density at radius 3 is 2.31 bits per heavy atom. The van der Waals surface area contributed by atoms with Crippen molar-refractivity contribution >= 4 is 11.8 Å². The highest BCUT2D eigenvalue weighted by Crippen LogP contribution is 2.34. The molecule has 0 spiro atoms. The molecule has 2 aliphatic heterocycles. The van der Waals surface area contributed by atoms with Gasteiger partial charge in [-0.2, -0.15) is 0 Å². The molecule has 7 heteroatoms. The van der Waals surface area contributed by atoms with E-state index < -0.39 is 11.3 Å². The van der Waals surface area contributed by atoms with Gasteiger partial charge in [-0.25, -0.2) is 0 Å². The van der Waals surface area contributed by atoms with Gasteiger partial charge in [0.15, 0.2) is 0 Å². The fourth-order valence-electron chi connectivity index (χ4n) is 5.06. The molecule has 3 heterocycles. The van der Waals surface area contributed by atoms with Crippen molar-refractivity contribution in [2.75, 3.05) is 32.8 Å². The maximum atomic E-state index is 13.4. The first kappa shape index (κ1) is 25.2. The molecular weight excluding hydrogens is 442 g/mol. The van der Waals surface area contributed by atoms with Gasteiger partial charge in [-0.1, -0.05) is 37.3 Å². The average molecular weight is 480 g/mol. The molecule has 2 aliphatic rings. The van der Waals surface area contributed by atoms with E-state index in [0.717, 1.165) is 31.2 Å². The van der Waals surface area contributed by atoms with Crippen LogP contribution in [0.5, 0.6) is 0 Å². The van der Waals surface area contributed by atoms with E-state index in [1.54, 1.807) is 21.9 Å². The van der Waals surface area contributed by atoms with Crippen molar-refractivity contribution in [2.24, 2.45) is 5.92 Å². The summed E-state index contributed by atoms with van der Waals surface area (Å²) in [6.45, 7) is 9.05. The average Bonchev–Trinajstić information content (AvgIpc) is 2.88. The number of nitrogens with one attached hydrogen (secondary N) is 1. The highest BCUT2D eigenvalue weighted by atomic mass is 16.5. The molecule has 0 bridgehead atoms. The Morgan fingerprint density at radius 1 is 1.06 bits per heavy atom. The highest BCUT2D eigenvalue weighted by molar-refractivity contribution is 5.99. The minimum atomic E-state index is -0.497. The van der Waals surface area contributed by atoms with E-state index in [1.165, 1.54) is 0 Å². The van der Waals surface area contributed by atoms with Gasteiger partial charge < -0.3 is 19.5 Å². The topological polar surface area (TPSA) is 80.6 Å². The second-order valence-corrected chi connectivity index (χ2v) is 10.4. The van der Waals surface area contributed by atoms with Crippen molar-refractivity contribution < 1.29 is 14.3 Å². The van der Waals surface area contributed by atoms with Gasteiger partial charge >= 0.3 is 0 Å². The second-order valence-electron chi connectivity index (χ2n) is 10.4. The molecule has 0 radical (unpaired) electrons. The molecule has 0 unspecified atom stereocenters. The monoisotopic (exact) mass is 479 g/mol. The number of benzene rings is 1. The number of piperidine rings is 1. The minimum Gasteiger partial charge on any atom is -0.381 e. The number of carbonyl (C=O) groups excluding carboxylic acids is 2. The third-order valence-electron chi connectivity index (χ3n) is 7.61. The molecule has 1 aromatic carbocycles. The third-order valence-corrected chi connectivity index (χ3v) is 7.61. The summed E-state index contributed by atoms with van der Waals surface area (Å²) in [5.74, 6) is -0.144. The van der Waals surface area contributed by atoms with Gasteiger partial charge in [0, 0.05) is 56.7 Å². The summed E-state index contributed by atoms with van der Waals surface area (Å²) in [5, 5.41) is 3.03. The van der Waals surface area contributed by atoms with E-state index in [9.17, 15) is 14.4 Å². The molecule has 7 nitrogen and oxygen atoms in total. The summed E-state index contributed by atoms with van der Waals surface area (Å²) in [6, 6.07) is 10.2. The normalized spacial score (nSPS) is 18.5. The molecule has 2 aromatic rings. The van der Waals surface area contributed by atoms with Crippen LogP contribution < -0.4 is 10.7 Å². The van der Waals surface area contributed by atoms with Crippen molar-refractivity contribution in [3.05, 3.63) is 69.6 Å². The van der Waals surface area contributed by atoms with Crippen LogP contribution in [0.15, 0.2) is 47.5 Å². The number of aromatic nitrogens is 1. The van der Waals surface area contributed by atoms with E-state index in [4.69, 9.17) is 4.74 Å². The molecule has 2 amide bonds. The Hall–Kier alpha value is -2.93. The van der Waals surface area contributed by atoms with Crippen LogP contribution in [-0.2, 0) is 10.2 Å². The van der Waals surface area contributed by atoms with Crippen LogP contribution in [0.2, 0.25) is 0 Å². The Labute approximate surface area is 207 Å². The number of amides is 2. The summed E-state index contributed by atoms with van der Waals surface area (Å²) >= 11 is 0. The van der Waals surface area contributed by atoms with Crippen LogP contribution in [0.4, 0.5) is 0 Å². The van der Waals surface area contributed by atoms with Crippen LogP contribution in [0.1, 0.15) is 78.8 Å². The Bertz CT molecular complexity index is 1090. The minimum absolute atomic E-state index is 0.00114. The molecule has 4 rings (SSSR count). The summed E-state index contributed by atoms with van der Waals surface area (Å²) < 4.78 is 7.39. The molecule has 2 saturated heterocycles. The molecular formula is C28H37N3O4. The van der Waals surface area contributed by atoms with Crippen LogP contribution >= 0.6 is 0 Å². The fourth-order valence-corrected chi connectivity index (χ4v) is 5.06. The van der Waals surface area contributed by atoms with Gasteiger partial charge in [0.05, 0.1) is 0 Å².